The number of nitrogens with one attached hydrogen (secondary N) is 1. The number of halogens is 1. The van der Waals surface area contributed by atoms with Crippen LogP contribution in [0.1, 0.15) is 11.6 Å². The van der Waals surface area contributed by atoms with Crippen molar-refractivity contribution in [3.63, 3.8) is 0 Å². The van der Waals surface area contributed by atoms with Gasteiger partial charge in [0, 0.05) is 29.3 Å². The number of hydrogen-bond donors (Lipinski definition) is 1. The summed E-state index contributed by atoms with van der Waals surface area (Å²) in [6.45, 7) is 3.84. The normalized spacial score (nSPS) is 11.2. The van der Waals surface area contributed by atoms with Gasteiger partial charge in [0.1, 0.15) is 11.3 Å². The van der Waals surface area contributed by atoms with Crippen molar-refractivity contribution in [2.45, 2.75) is 13.8 Å². The van der Waals surface area contributed by atoms with Crippen LogP contribution < -0.4 is 5.32 Å². The average Bonchev–Trinajstić information content (AvgIpc) is 3.34. The summed E-state index contributed by atoms with van der Waals surface area (Å²) in [6, 6.07) is 20.4. The van der Waals surface area contributed by atoms with E-state index in [2.05, 4.69) is 10.3 Å². The van der Waals surface area contributed by atoms with E-state index >= 15 is 0 Å². The van der Waals surface area contributed by atoms with Crippen LogP contribution in [0.4, 0.5) is 15.8 Å². The first-order valence-corrected chi connectivity index (χ1v) is 9.63. The van der Waals surface area contributed by atoms with Gasteiger partial charge in [0.2, 0.25) is 0 Å². The molecule has 2 heterocycles. The van der Waals surface area contributed by atoms with Gasteiger partial charge in [-0.3, -0.25) is 0 Å². The lowest BCUT2D eigenvalue weighted by Crippen LogP contribution is -1.98. The maximum atomic E-state index is 13.3. The molecule has 0 saturated heterocycles. The van der Waals surface area contributed by atoms with E-state index in [0.29, 0.717) is 5.89 Å². The molecule has 0 aliphatic rings. The highest BCUT2D eigenvalue weighted by molar-refractivity contribution is 5.94. The van der Waals surface area contributed by atoms with Crippen LogP contribution in [-0.2, 0) is 0 Å². The Morgan fingerprint density at radius 1 is 0.933 bits per heavy atom. The number of hydrogen-bond acceptors (Lipinski definition) is 4. The molecule has 0 amide bonds. The third-order valence-electron chi connectivity index (χ3n) is 5.08. The first-order valence-electron chi connectivity index (χ1n) is 9.63. The Bertz CT molecular complexity index is 1330. The molecule has 0 radical (unpaired) electrons. The number of anilines is 2. The summed E-state index contributed by atoms with van der Waals surface area (Å²) >= 11 is 0. The number of benzene rings is 3. The van der Waals surface area contributed by atoms with E-state index in [0.717, 1.165) is 45.0 Å². The molecule has 0 bridgehead atoms. The van der Waals surface area contributed by atoms with Gasteiger partial charge in [-0.25, -0.2) is 14.1 Å². The van der Waals surface area contributed by atoms with Crippen molar-refractivity contribution in [2.75, 3.05) is 5.32 Å². The highest BCUT2D eigenvalue weighted by Gasteiger charge is 2.13. The van der Waals surface area contributed by atoms with Crippen LogP contribution in [0.15, 0.2) is 77.3 Å². The SMILES string of the molecule is Cc1ncc(-c2ccc(Nc3cccc4c(C)n(-c5ccc(F)cc5)nc34)cc2)o1. The first kappa shape index (κ1) is 18.1. The smallest absolute Gasteiger partial charge is 0.191 e. The second-order valence-corrected chi connectivity index (χ2v) is 7.12. The summed E-state index contributed by atoms with van der Waals surface area (Å²) in [4.78, 5) is 4.14. The minimum atomic E-state index is -0.264. The van der Waals surface area contributed by atoms with Gasteiger partial charge in [-0.2, -0.15) is 5.10 Å². The second kappa shape index (κ2) is 7.15. The molecule has 5 rings (SSSR count). The molecule has 1 N–H and O–H groups in total. The second-order valence-electron chi connectivity index (χ2n) is 7.12. The molecule has 30 heavy (non-hydrogen) atoms. The number of oxazole rings is 1. The molecule has 3 aromatic carbocycles. The van der Waals surface area contributed by atoms with Gasteiger partial charge in [0.05, 0.1) is 17.6 Å². The Morgan fingerprint density at radius 3 is 2.40 bits per heavy atom. The fourth-order valence-corrected chi connectivity index (χ4v) is 3.53. The lowest BCUT2D eigenvalue weighted by Gasteiger charge is -2.07. The van der Waals surface area contributed by atoms with E-state index in [9.17, 15) is 4.39 Å². The third-order valence-corrected chi connectivity index (χ3v) is 5.08. The Morgan fingerprint density at radius 2 is 1.70 bits per heavy atom. The van der Waals surface area contributed by atoms with Crippen LogP contribution >= 0.6 is 0 Å². The van der Waals surface area contributed by atoms with E-state index in [1.807, 2.05) is 61.0 Å². The molecule has 0 spiro atoms. The van der Waals surface area contributed by atoms with E-state index < -0.39 is 0 Å². The molecule has 0 aliphatic heterocycles. The maximum Gasteiger partial charge on any atom is 0.191 e. The maximum absolute atomic E-state index is 13.3. The summed E-state index contributed by atoms with van der Waals surface area (Å²) in [5.41, 5.74) is 5.49. The summed E-state index contributed by atoms with van der Waals surface area (Å²) in [5.74, 6) is 1.13. The molecular weight excluding hydrogens is 379 g/mol. The largest absolute Gasteiger partial charge is 0.441 e. The number of fused-ring (bicyclic) bond motifs is 1. The molecule has 0 atom stereocenters. The first-order chi connectivity index (χ1) is 14.6. The van der Waals surface area contributed by atoms with Crippen LogP contribution in [-0.4, -0.2) is 14.8 Å². The summed E-state index contributed by atoms with van der Waals surface area (Å²) in [6.07, 6.45) is 1.73. The number of aromatic nitrogens is 3. The van der Waals surface area contributed by atoms with Crippen LogP contribution in [0, 0.1) is 19.7 Å². The van der Waals surface area contributed by atoms with Crippen LogP contribution in [0.2, 0.25) is 0 Å². The van der Waals surface area contributed by atoms with Crippen LogP contribution in [0.3, 0.4) is 0 Å². The lowest BCUT2D eigenvalue weighted by atomic mass is 10.1. The molecule has 6 heteroatoms. The molecule has 0 unspecified atom stereocenters. The average molecular weight is 398 g/mol. The Labute approximate surface area is 172 Å². The van der Waals surface area contributed by atoms with Gasteiger partial charge in [-0.15, -0.1) is 0 Å². The van der Waals surface area contributed by atoms with Crippen molar-refractivity contribution in [1.82, 2.24) is 14.8 Å². The van der Waals surface area contributed by atoms with Crippen molar-refractivity contribution < 1.29 is 8.81 Å². The molecule has 0 saturated carbocycles. The van der Waals surface area contributed by atoms with E-state index in [-0.39, 0.29) is 5.82 Å². The molecule has 5 nitrogen and oxygen atoms in total. The van der Waals surface area contributed by atoms with Crippen molar-refractivity contribution in [3.8, 4) is 17.0 Å². The summed E-state index contributed by atoms with van der Waals surface area (Å²) < 4.78 is 20.7. The summed E-state index contributed by atoms with van der Waals surface area (Å²) in [7, 11) is 0. The van der Waals surface area contributed by atoms with Gasteiger partial charge >= 0.3 is 0 Å². The molecule has 5 aromatic rings. The molecule has 0 aliphatic carbocycles. The zero-order valence-electron chi connectivity index (χ0n) is 16.6. The minimum Gasteiger partial charge on any atom is -0.441 e. The highest BCUT2D eigenvalue weighted by atomic mass is 19.1. The monoisotopic (exact) mass is 398 g/mol. The van der Waals surface area contributed by atoms with Crippen LogP contribution in [0.25, 0.3) is 27.9 Å². The van der Waals surface area contributed by atoms with Crippen molar-refractivity contribution in [3.05, 3.63) is 90.3 Å². The fraction of sp³-hybridized carbons (Fsp3) is 0.0833. The number of rotatable bonds is 4. The minimum absolute atomic E-state index is 0.264. The zero-order valence-corrected chi connectivity index (χ0v) is 16.6. The highest BCUT2D eigenvalue weighted by Crippen LogP contribution is 2.30. The van der Waals surface area contributed by atoms with Crippen molar-refractivity contribution in [2.24, 2.45) is 0 Å². The number of nitrogens with zero attached hydrogens (tertiary/aromatic N) is 3. The Balaban J connectivity index is 1.49. The topological polar surface area (TPSA) is 55.9 Å². The van der Waals surface area contributed by atoms with Gasteiger partial charge in [0.25, 0.3) is 0 Å². The zero-order chi connectivity index (χ0) is 20.7. The van der Waals surface area contributed by atoms with Crippen molar-refractivity contribution in [1.29, 1.82) is 0 Å². The predicted molar refractivity (Wildman–Crippen MR) is 116 cm³/mol. The lowest BCUT2D eigenvalue weighted by molar-refractivity contribution is 0.534. The third kappa shape index (κ3) is 3.22. The van der Waals surface area contributed by atoms with Gasteiger partial charge in [-0.1, -0.05) is 12.1 Å². The Kier molecular flexibility index (Phi) is 4.32. The van der Waals surface area contributed by atoms with E-state index in [4.69, 9.17) is 9.52 Å². The van der Waals surface area contributed by atoms with Gasteiger partial charge < -0.3 is 9.73 Å². The predicted octanol–water partition coefficient (Wildman–Crippen LogP) is 6.18. The molecule has 0 fully saturated rings. The van der Waals surface area contributed by atoms with Crippen molar-refractivity contribution >= 4 is 22.3 Å². The van der Waals surface area contributed by atoms with Crippen LogP contribution in [0.5, 0.6) is 0 Å². The fourth-order valence-electron chi connectivity index (χ4n) is 3.53. The van der Waals surface area contributed by atoms with E-state index in [1.165, 1.54) is 12.1 Å². The van der Waals surface area contributed by atoms with Gasteiger partial charge in [0.15, 0.2) is 11.7 Å². The standard InChI is InChI=1S/C24H19FN4O/c1-15-21-4-3-5-22(24(21)28-29(15)20-12-8-18(25)9-13-20)27-19-10-6-17(7-11-19)23-14-26-16(2)30-23/h3-14,27H,1-2H3. The van der Waals surface area contributed by atoms with Gasteiger partial charge in [-0.05, 0) is 61.5 Å². The molecule has 148 valence electrons. The summed E-state index contributed by atoms with van der Waals surface area (Å²) in [5, 5.41) is 9.27. The molecule has 2 aromatic heterocycles. The van der Waals surface area contributed by atoms with E-state index in [1.54, 1.807) is 18.3 Å². The molecular formula is C24H19FN4O. The quantitative estimate of drug-likeness (QED) is 0.393. The number of aryl methyl sites for hydroxylation is 2. The Hall–Kier alpha value is -3.93.